The summed E-state index contributed by atoms with van der Waals surface area (Å²) in [6.45, 7) is 5.27. The molecule has 4 aromatic rings. The highest BCUT2D eigenvalue weighted by atomic mass is 79.9. The molecule has 5 rings (SSSR count). The zero-order valence-corrected chi connectivity index (χ0v) is 25.7. The molecule has 0 amide bonds. The van der Waals surface area contributed by atoms with Gasteiger partial charge in [0.05, 0.1) is 39.1 Å². The van der Waals surface area contributed by atoms with Crippen LogP contribution in [0.15, 0.2) is 78.5 Å². The largest absolute Gasteiger partial charge is 0.496 e. The van der Waals surface area contributed by atoms with Crippen molar-refractivity contribution in [2.75, 3.05) is 7.11 Å². The minimum atomic E-state index is -0.825. The van der Waals surface area contributed by atoms with E-state index in [0.29, 0.717) is 53.5 Å². The van der Waals surface area contributed by atoms with Gasteiger partial charge in [0.1, 0.15) is 23.3 Å². The fourth-order valence-corrected chi connectivity index (χ4v) is 6.27. The first-order valence-corrected chi connectivity index (χ1v) is 14.6. The number of methoxy groups -OCH3 is 1. The number of thiazole rings is 1. The second-order valence-corrected chi connectivity index (χ2v) is 11.9. The molecular weight excluding hydrogens is 639 g/mol. The molecule has 0 saturated carbocycles. The van der Waals surface area contributed by atoms with Gasteiger partial charge in [0.2, 0.25) is 0 Å². The van der Waals surface area contributed by atoms with Crippen molar-refractivity contribution in [1.82, 2.24) is 4.57 Å². The van der Waals surface area contributed by atoms with Gasteiger partial charge in [-0.2, -0.15) is 0 Å². The van der Waals surface area contributed by atoms with Crippen LogP contribution in [-0.2, 0) is 9.53 Å². The number of fused-ring (bicyclic) bond motifs is 1. The van der Waals surface area contributed by atoms with Crippen LogP contribution < -0.4 is 19.6 Å². The average molecular weight is 662 g/mol. The predicted molar refractivity (Wildman–Crippen MR) is 160 cm³/mol. The molecule has 0 N–H and O–H groups in total. The van der Waals surface area contributed by atoms with Crippen molar-refractivity contribution in [3.05, 3.63) is 105 Å². The summed E-state index contributed by atoms with van der Waals surface area (Å²) in [5.41, 5.74) is 1.64. The molecule has 206 valence electrons. The number of benzene rings is 2. The Morgan fingerprint density at radius 3 is 2.70 bits per heavy atom. The van der Waals surface area contributed by atoms with E-state index in [4.69, 9.17) is 37.1 Å². The van der Waals surface area contributed by atoms with E-state index < -0.39 is 12.0 Å². The van der Waals surface area contributed by atoms with Gasteiger partial charge in [-0.25, -0.2) is 9.79 Å². The van der Waals surface area contributed by atoms with Crippen LogP contribution >= 0.6 is 50.5 Å². The summed E-state index contributed by atoms with van der Waals surface area (Å²) in [6, 6.07) is 13.4. The number of nitrogens with zero attached hydrogens (tertiary/aromatic N) is 2. The molecular formula is C29H23BrCl2N2O5S. The summed E-state index contributed by atoms with van der Waals surface area (Å²) in [7, 11) is 1.54. The van der Waals surface area contributed by atoms with Crippen molar-refractivity contribution in [2.24, 2.45) is 4.99 Å². The molecule has 0 spiro atoms. The number of ether oxygens (including phenoxy) is 2. The lowest BCUT2D eigenvalue weighted by molar-refractivity contribution is -0.143. The van der Waals surface area contributed by atoms with Crippen LogP contribution in [0.4, 0.5) is 0 Å². The molecule has 7 nitrogen and oxygen atoms in total. The van der Waals surface area contributed by atoms with E-state index in [9.17, 15) is 9.59 Å². The van der Waals surface area contributed by atoms with E-state index in [1.807, 2.05) is 12.1 Å². The Kier molecular flexibility index (Phi) is 8.10. The zero-order chi connectivity index (χ0) is 28.7. The van der Waals surface area contributed by atoms with Gasteiger partial charge < -0.3 is 13.9 Å². The van der Waals surface area contributed by atoms with Crippen LogP contribution in [0.1, 0.15) is 38.1 Å². The van der Waals surface area contributed by atoms with Crippen molar-refractivity contribution >= 4 is 62.5 Å². The SMILES string of the molecule is COc1ccc(Br)cc1[C@H]1C(C(=O)OC(C)C)=C(C)N=c2s/c(=C\c3ccc(-c4cccc(Cl)c4Cl)o3)c(=O)n21. The minimum Gasteiger partial charge on any atom is -0.496 e. The lowest BCUT2D eigenvalue weighted by Crippen LogP contribution is -2.40. The van der Waals surface area contributed by atoms with Crippen molar-refractivity contribution in [3.8, 4) is 17.1 Å². The van der Waals surface area contributed by atoms with E-state index in [1.54, 1.807) is 70.4 Å². The summed E-state index contributed by atoms with van der Waals surface area (Å²) < 4.78 is 19.9. The third kappa shape index (κ3) is 5.31. The Labute approximate surface area is 252 Å². The summed E-state index contributed by atoms with van der Waals surface area (Å²) in [5, 5.41) is 0.791. The summed E-state index contributed by atoms with van der Waals surface area (Å²) in [6.07, 6.45) is 1.29. The molecule has 3 heterocycles. The third-order valence-electron chi connectivity index (χ3n) is 6.19. The van der Waals surface area contributed by atoms with Crippen LogP contribution in [0.3, 0.4) is 0 Å². The monoisotopic (exact) mass is 660 g/mol. The highest BCUT2D eigenvalue weighted by Gasteiger charge is 2.35. The van der Waals surface area contributed by atoms with Crippen molar-refractivity contribution in [2.45, 2.75) is 32.9 Å². The number of furan rings is 1. The Balaban J connectivity index is 1.68. The molecule has 0 saturated heterocycles. The first-order valence-electron chi connectivity index (χ1n) is 12.2. The van der Waals surface area contributed by atoms with Gasteiger partial charge in [0, 0.05) is 21.7 Å². The van der Waals surface area contributed by atoms with E-state index >= 15 is 0 Å². The predicted octanol–water partition coefficient (Wildman–Crippen LogP) is 6.52. The van der Waals surface area contributed by atoms with Crippen molar-refractivity contribution in [3.63, 3.8) is 0 Å². The highest BCUT2D eigenvalue weighted by Crippen LogP contribution is 2.38. The molecule has 0 aliphatic carbocycles. The molecule has 11 heteroatoms. The Bertz CT molecular complexity index is 1850. The average Bonchev–Trinajstić information content (AvgIpc) is 3.48. The van der Waals surface area contributed by atoms with Gasteiger partial charge in [-0.15, -0.1) is 0 Å². The van der Waals surface area contributed by atoms with Crippen molar-refractivity contribution < 1.29 is 18.7 Å². The van der Waals surface area contributed by atoms with Gasteiger partial charge >= 0.3 is 5.97 Å². The number of carbonyl (C=O) groups is 1. The summed E-state index contributed by atoms with van der Waals surface area (Å²) in [5.74, 6) is 0.925. The van der Waals surface area contributed by atoms with Crippen molar-refractivity contribution in [1.29, 1.82) is 0 Å². The highest BCUT2D eigenvalue weighted by molar-refractivity contribution is 9.10. The number of rotatable bonds is 6. The van der Waals surface area contributed by atoms with Crippen LogP contribution in [0, 0.1) is 0 Å². The number of aromatic nitrogens is 1. The first-order chi connectivity index (χ1) is 19.1. The molecule has 0 fully saturated rings. The van der Waals surface area contributed by atoms with Crippen LogP contribution in [0.2, 0.25) is 10.0 Å². The normalized spacial score (nSPS) is 15.3. The van der Waals surface area contributed by atoms with Crippen LogP contribution in [0.25, 0.3) is 17.4 Å². The fraction of sp³-hybridized carbons (Fsp3) is 0.207. The number of carbonyl (C=O) groups excluding carboxylic acids is 1. The molecule has 0 radical (unpaired) electrons. The van der Waals surface area contributed by atoms with E-state index in [-0.39, 0.29) is 17.2 Å². The van der Waals surface area contributed by atoms with Gasteiger partial charge in [-0.05, 0) is 63.2 Å². The Hall–Kier alpha value is -3.11. The first kappa shape index (κ1) is 28.4. The van der Waals surface area contributed by atoms with E-state index in [0.717, 1.165) is 4.47 Å². The van der Waals surface area contributed by atoms with Gasteiger partial charge in [0.25, 0.3) is 5.56 Å². The number of esters is 1. The topological polar surface area (TPSA) is 83.0 Å². The maximum Gasteiger partial charge on any atom is 0.338 e. The third-order valence-corrected chi connectivity index (χ3v) is 8.48. The van der Waals surface area contributed by atoms with Crippen LogP contribution in [-0.4, -0.2) is 23.8 Å². The standard InChI is InChI=1S/C29H23BrCl2N2O5S/c1-14(2)38-28(36)24-15(3)33-29-34(26(24)19-12-16(30)8-10-21(19)37-4)27(35)23(40-29)13-17-9-11-22(39-17)18-6-5-7-20(31)25(18)32/h5-14,26H,1-4H3/b23-13-/t26-/m0/s1. The quantitative estimate of drug-likeness (QED) is 0.220. The van der Waals surface area contributed by atoms with Gasteiger partial charge in [-0.1, -0.05) is 56.5 Å². The number of allylic oxidation sites excluding steroid dienone is 1. The Morgan fingerprint density at radius 2 is 1.98 bits per heavy atom. The molecule has 2 aromatic carbocycles. The molecule has 2 aromatic heterocycles. The molecule has 1 aliphatic rings. The Morgan fingerprint density at radius 1 is 1.20 bits per heavy atom. The van der Waals surface area contributed by atoms with Gasteiger partial charge in [0.15, 0.2) is 4.80 Å². The minimum absolute atomic E-state index is 0.264. The smallest absolute Gasteiger partial charge is 0.338 e. The number of hydrogen-bond donors (Lipinski definition) is 0. The molecule has 0 unspecified atom stereocenters. The number of hydrogen-bond acceptors (Lipinski definition) is 7. The second-order valence-electron chi connectivity index (χ2n) is 9.23. The summed E-state index contributed by atoms with van der Waals surface area (Å²) >= 11 is 17.2. The number of halogens is 3. The molecule has 1 aliphatic heterocycles. The molecule has 1 atom stereocenters. The maximum absolute atomic E-state index is 13.9. The fourth-order valence-electron chi connectivity index (χ4n) is 4.47. The molecule has 0 bridgehead atoms. The lowest BCUT2D eigenvalue weighted by atomic mass is 9.95. The second kappa shape index (κ2) is 11.4. The van der Waals surface area contributed by atoms with E-state index in [1.165, 1.54) is 15.9 Å². The summed E-state index contributed by atoms with van der Waals surface area (Å²) in [4.78, 5) is 32.3. The van der Waals surface area contributed by atoms with Crippen LogP contribution in [0.5, 0.6) is 5.75 Å². The zero-order valence-electron chi connectivity index (χ0n) is 21.8. The van der Waals surface area contributed by atoms with E-state index in [2.05, 4.69) is 20.9 Å². The lowest BCUT2D eigenvalue weighted by Gasteiger charge is -2.26. The van der Waals surface area contributed by atoms with Gasteiger partial charge in [-0.3, -0.25) is 9.36 Å². The maximum atomic E-state index is 13.9. The molecule has 40 heavy (non-hydrogen) atoms.